The molecule has 3 atom stereocenters. The second kappa shape index (κ2) is 7.36. The van der Waals surface area contributed by atoms with Crippen molar-refractivity contribution in [3.05, 3.63) is 65.2 Å². The number of allylic oxidation sites excluding steroid dienone is 2. The third-order valence-corrected chi connectivity index (χ3v) is 9.56. The van der Waals surface area contributed by atoms with Gasteiger partial charge in [0.2, 0.25) is 0 Å². The highest BCUT2D eigenvalue weighted by atomic mass is 32.2. The largest absolute Gasteiger partial charge is 0.492 e. The van der Waals surface area contributed by atoms with Crippen molar-refractivity contribution in [3.63, 3.8) is 0 Å². The van der Waals surface area contributed by atoms with E-state index in [0.717, 1.165) is 40.9 Å². The van der Waals surface area contributed by atoms with Gasteiger partial charge in [0.05, 0.1) is 16.4 Å². The Labute approximate surface area is 202 Å². The summed E-state index contributed by atoms with van der Waals surface area (Å²) >= 11 is 1.64. The van der Waals surface area contributed by atoms with E-state index in [2.05, 4.69) is 21.0 Å². The molecule has 0 amide bonds. The molecule has 1 aromatic carbocycles. The van der Waals surface area contributed by atoms with Gasteiger partial charge in [-0.2, -0.15) is 0 Å². The monoisotopic (exact) mass is 473 g/mol. The maximum absolute atomic E-state index is 13.5. The first kappa shape index (κ1) is 20.6. The van der Waals surface area contributed by atoms with Crippen molar-refractivity contribution in [2.75, 3.05) is 33.3 Å². The Balaban J connectivity index is 1.08. The lowest BCUT2D eigenvalue weighted by Gasteiger charge is -2.31. The fourth-order valence-electron chi connectivity index (χ4n) is 6.15. The molecule has 1 saturated heterocycles. The highest BCUT2D eigenvalue weighted by Crippen LogP contribution is 2.71. The summed E-state index contributed by atoms with van der Waals surface area (Å²) in [6, 6.07) is 7.86. The van der Waals surface area contributed by atoms with Gasteiger partial charge in [-0.1, -0.05) is 6.08 Å². The lowest BCUT2D eigenvalue weighted by Crippen LogP contribution is -2.33. The van der Waals surface area contributed by atoms with E-state index in [1.54, 1.807) is 17.8 Å². The lowest BCUT2D eigenvalue weighted by atomic mass is 9.84. The number of H-pyrrole nitrogens is 1. The van der Waals surface area contributed by atoms with Crippen LogP contribution in [0.2, 0.25) is 0 Å². The van der Waals surface area contributed by atoms with Crippen LogP contribution in [0.3, 0.4) is 0 Å². The minimum atomic E-state index is -0.344. The molecule has 4 heterocycles. The second-order valence-electron chi connectivity index (χ2n) is 10.1. The number of aromatic amines is 1. The molecule has 2 fully saturated rings. The van der Waals surface area contributed by atoms with Gasteiger partial charge < -0.3 is 14.6 Å². The molecule has 7 rings (SSSR count). The Hall–Kier alpha value is -2.77. The molecular weight excluding hydrogens is 446 g/mol. The van der Waals surface area contributed by atoms with Crippen LogP contribution in [0.4, 0.5) is 0 Å². The van der Waals surface area contributed by atoms with E-state index in [-0.39, 0.29) is 27.5 Å². The van der Waals surface area contributed by atoms with E-state index in [4.69, 9.17) is 4.74 Å². The first-order chi connectivity index (χ1) is 16.5. The summed E-state index contributed by atoms with van der Waals surface area (Å²) in [4.78, 5) is 34.1. The van der Waals surface area contributed by atoms with Crippen LogP contribution in [0.5, 0.6) is 5.75 Å². The number of ether oxygens (including phenoxy) is 1. The van der Waals surface area contributed by atoms with Gasteiger partial charge in [0, 0.05) is 53.3 Å². The van der Waals surface area contributed by atoms with Crippen molar-refractivity contribution >= 4 is 34.2 Å². The molecule has 1 N–H and O–H groups in total. The molecule has 0 bridgehead atoms. The standard InChI is InChI=1S/C27H27N3O3S/c1-29-15-17-14-27(17)24(29)13-22(31)19-12-23(34-26(19)27)25(32)21-11-16-10-18(4-5-20(16)28-21)33-9-8-30-6-2-3-7-30/h4-5,10-13,15,23,26,28H,2-3,6-9,14H2,1H3/t23?,26-,27?/m1/s1. The van der Waals surface area contributed by atoms with E-state index in [1.165, 1.54) is 31.5 Å². The summed E-state index contributed by atoms with van der Waals surface area (Å²) in [5, 5.41) is 0.673. The van der Waals surface area contributed by atoms with Crippen LogP contribution in [-0.4, -0.2) is 70.1 Å². The smallest absolute Gasteiger partial charge is 0.195 e. The number of carbonyl (C=O) groups is 2. The van der Waals surface area contributed by atoms with E-state index >= 15 is 0 Å². The van der Waals surface area contributed by atoms with Crippen LogP contribution in [0.15, 0.2) is 59.5 Å². The Morgan fingerprint density at radius 1 is 1.26 bits per heavy atom. The molecule has 5 aliphatic rings. The predicted molar refractivity (Wildman–Crippen MR) is 133 cm³/mol. The maximum Gasteiger partial charge on any atom is 0.195 e. The van der Waals surface area contributed by atoms with Crippen molar-refractivity contribution in [2.24, 2.45) is 5.41 Å². The molecular formula is C27H27N3O3S. The Morgan fingerprint density at radius 3 is 2.97 bits per heavy atom. The van der Waals surface area contributed by atoms with Gasteiger partial charge in [-0.05, 0) is 62.2 Å². The average Bonchev–Trinajstić information content (AvgIpc) is 3.36. The molecule has 2 aliphatic carbocycles. The number of rotatable bonds is 6. The number of ketones is 2. The Kier molecular flexibility index (Phi) is 4.46. The maximum atomic E-state index is 13.5. The topological polar surface area (TPSA) is 65.6 Å². The van der Waals surface area contributed by atoms with Crippen molar-refractivity contribution < 1.29 is 14.3 Å². The third-order valence-electron chi connectivity index (χ3n) is 7.99. The Morgan fingerprint density at radius 2 is 2.12 bits per heavy atom. The van der Waals surface area contributed by atoms with Crippen LogP contribution in [0.25, 0.3) is 10.9 Å². The van der Waals surface area contributed by atoms with Gasteiger partial charge in [0.15, 0.2) is 11.6 Å². The average molecular weight is 474 g/mol. The summed E-state index contributed by atoms with van der Waals surface area (Å²) in [6.07, 6.45) is 9.41. The van der Waals surface area contributed by atoms with Gasteiger partial charge in [-0.3, -0.25) is 14.5 Å². The molecule has 34 heavy (non-hydrogen) atoms. The summed E-state index contributed by atoms with van der Waals surface area (Å²) in [7, 11) is 2.01. The first-order valence-corrected chi connectivity index (χ1v) is 13.1. The van der Waals surface area contributed by atoms with Crippen molar-refractivity contribution in [1.82, 2.24) is 14.8 Å². The van der Waals surface area contributed by atoms with Crippen LogP contribution in [0, 0.1) is 5.41 Å². The van der Waals surface area contributed by atoms with Gasteiger partial charge in [0.25, 0.3) is 0 Å². The number of Topliss-reactive ketones (excluding diaryl/α,β-unsaturated/α-hetero) is 1. The number of nitrogens with zero attached hydrogens (tertiary/aromatic N) is 2. The number of fused-ring (bicyclic) bond motifs is 2. The highest BCUT2D eigenvalue weighted by molar-refractivity contribution is 8.02. The summed E-state index contributed by atoms with van der Waals surface area (Å²) in [5.41, 5.74) is 4.73. The summed E-state index contributed by atoms with van der Waals surface area (Å²) in [5.74, 6) is 0.909. The van der Waals surface area contributed by atoms with Crippen LogP contribution in [0.1, 0.15) is 29.8 Å². The molecule has 2 unspecified atom stereocenters. The zero-order valence-corrected chi connectivity index (χ0v) is 20.0. The van der Waals surface area contributed by atoms with E-state index in [0.29, 0.717) is 12.3 Å². The molecule has 174 valence electrons. The van der Waals surface area contributed by atoms with Crippen molar-refractivity contribution in [1.29, 1.82) is 0 Å². The number of thioether (sulfide) groups is 1. The SMILES string of the molecule is CN1C=C2CC23C1=CC(=O)C1=CC(C(=O)c2cc4cc(OCCN5CCCC5)ccc4[nH]2)S[C@H]13. The van der Waals surface area contributed by atoms with Gasteiger partial charge in [-0.25, -0.2) is 0 Å². The number of likely N-dealkylation sites (tertiary alicyclic amines) is 1. The number of carbonyl (C=O) groups excluding carboxylic acids is 2. The quantitative estimate of drug-likeness (QED) is 0.642. The molecule has 1 aromatic heterocycles. The number of benzene rings is 1. The third kappa shape index (κ3) is 2.99. The molecule has 0 radical (unpaired) electrons. The summed E-state index contributed by atoms with van der Waals surface area (Å²) in [6.45, 7) is 3.96. The summed E-state index contributed by atoms with van der Waals surface area (Å²) < 4.78 is 5.98. The van der Waals surface area contributed by atoms with Crippen molar-refractivity contribution in [2.45, 2.75) is 29.8 Å². The van der Waals surface area contributed by atoms with E-state index < -0.39 is 0 Å². The predicted octanol–water partition coefficient (Wildman–Crippen LogP) is 3.92. The van der Waals surface area contributed by atoms with Crippen LogP contribution < -0.4 is 4.74 Å². The van der Waals surface area contributed by atoms with E-state index in [1.807, 2.05) is 37.4 Å². The minimum Gasteiger partial charge on any atom is -0.492 e. The molecule has 1 spiro atoms. The second-order valence-corrected chi connectivity index (χ2v) is 11.3. The molecule has 2 aromatic rings. The molecule has 3 aliphatic heterocycles. The zero-order valence-electron chi connectivity index (χ0n) is 19.2. The van der Waals surface area contributed by atoms with Crippen molar-refractivity contribution in [3.8, 4) is 5.75 Å². The Bertz CT molecular complexity index is 1330. The number of nitrogens with one attached hydrogen (secondary N) is 1. The lowest BCUT2D eigenvalue weighted by molar-refractivity contribution is -0.111. The first-order valence-electron chi connectivity index (χ1n) is 12.1. The number of hydrogen-bond donors (Lipinski definition) is 1. The van der Waals surface area contributed by atoms with Gasteiger partial charge >= 0.3 is 0 Å². The highest BCUT2D eigenvalue weighted by Gasteiger charge is 2.66. The van der Waals surface area contributed by atoms with Gasteiger partial charge in [-0.15, -0.1) is 11.8 Å². The molecule has 6 nitrogen and oxygen atoms in total. The number of hydrogen-bond acceptors (Lipinski definition) is 6. The van der Waals surface area contributed by atoms with Gasteiger partial charge in [0.1, 0.15) is 12.4 Å². The van der Waals surface area contributed by atoms with Crippen LogP contribution in [-0.2, 0) is 4.79 Å². The van der Waals surface area contributed by atoms with Crippen LogP contribution >= 0.6 is 11.8 Å². The molecule has 1 saturated carbocycles. The minimum absolute atomic E-state index is 0.0304. The fourth-order valence-corrected chi connectivity index (χ4v) is 7.85. The van der Waals surface area contributed by atoms with E-state index in [9.17, 15) is 9.59 Å². The molecule has 7 heteroatoms. The normalized spacial score (nSPS) is 29.5. The fraction of sp³-hybridized carbons (Fsp3) is 0.407. The zero-order chi connectivity index (χ0) is 23.0. The number of aromatic nitrogens is 1.